The van der Waals surface area contributed by atoms with Gasteiger partial charge < -0.3 is 10.2 Å². The van der Waals surface area contributed by atoms with Crippen molar-refractivity contribution in [1.82, 2.24) is 4.90 Å². The molecule has 1 N–H and O–H groups in total. The van der Waals surface area contributed by atoms with Gasteiger partial charge in [0.05, 0.1) is 0 Å². The number of para-hydroxylation sites is 1. The minimum Gasteiger partial charge on any atom is -0.308 e. The third-order valence-corrected chi connectivity index (χ3v) is 5.57. The van der Waals surface area contributed by atoms with Crippen molar-refractivity contribution in [2.45, 2.75) is 12.3 Å². The van der Waals surface area contributed by atoms with Gasteiger partial charge in [0.15, 0.2) is 0 Å². The fourth-order valence-corrected chi connectivity index (χ4v) is 4.41. The Morgan fingerprint density at radius 3 is 2.78 bits per heavy atom. The second kappa shape index (κ2) is 7.04. The minimum atomic E-state index is -0.111. The highest BCUT2D eigenvalue weighted by atomic mass is 35.5. The number of hydrogen-bond donors (Lipinski definition) is 1. The van der Waals surface area contributed by atoms with Gasteiger partial charge in [0.2, 0.25) is 0 Å². The van der Waals surface area contributed by atoms with E-state index < -0.39 is 0 Å². The lowest BCUT2D eigenvalue weighted by Gasteiger charge is -2.25. The van der Waals surface area contributed by atoms with Crippen LogP contribution >= 0.6 is 35.0 Å². The molecule has 2 aromatic rings. The molecular formula is C17H16Cl2N2OS. The molecule has 6 heteroatoms. The van der Waals surface area contributed by atoms with E-state index in [9.17, 15) is 4.79 Å². The predicted molar refractivity (Wildman–Crippen MR) is 98.6 cm³/mol. The van der Waals surface area contributed by atoms with Gasteiger partial charge in [-0.1, -0.05) is 47.5 Å². The zero-order valence-electron chi connectivity index (χ0n) is 12.6. The predicted octanol–water partition coefficient (Wildman–Crippen LogP) is 5.58. The Kier molecular flexibility index (Phi) is 5.05. The van der Waals surface area contributed by atoms with Crippen molar-refractivity contribution >= 4 is 46.7 Å². The van der Waals surface area contributed by atoms with Gasteiger partial charge >= 0.3 is 6.03 Å². The van der Waals surface area contributed by atoms with Crippen molar-refractivity contribution in [3.63, 3.8) is 0 Å². The molecule has 0 bridgehead atoms. The molecule has 2 aromatic carbocycles. The first-order valence-corrected chi connectivity index (χ1v) is 9.06. The summed E-state index contributed by atoms with van der Waals surface area (Å²) in [5.74, 6) is 0.880. The first kappa shape index (κ1) is 16.5. The summed E-state index contributed by atoms with van der Waals surface area (Å²) in [5.41, 5.74) is 2.78. The number of aryl methyl sites for hydroxylation is 1. The van der Waals surface area contributed by atoms with Gasteiger partial charge in [-0.25, -0.2) is 4.79 Å². The molecule has 1 fully saturated rings. The molecule has 0 aromatic heterocycles. The Morgan fingerprint density at radius 1 is 1.26 bits per heavy atom. The zero-order valence-corrected chi connectivity index (χ0v) is 14.9. The maximum Gasteiger partial charge on any atom is 0.323 e. The number of amides is 2. The molecule has 120 valence electrons. The molecular weight excluding hydrogens is 351 g/mol. The molecule has 0 spiro atoms. The van der Waals surface area contributed by atoms with Crippen LogP contribution in [-0.4, -0.2) is 23.2 Å². The van der Waals surface area contributed by atoms with Crippen LogP contribution in [0.25, 0.3) is 0 Å². The highest BCUT2D eigenvalue weighted by molar-refractivity contribution is 7.99. The first-order valence-electron chi connectivity index (χ1n) is 7.26. The molecule has 23 heavy (non-hydrogen) atoms. The Balaban J connectivity index is 1.81. The monoisotopic (exact) mass is 366 g/mol. The molecule has 1 heterocycles. The molecule has 3 rings (SSSR count). The molecule has 0 aliphatic carbocycles. The Labute approximate surface area is 150 Å². The Bertz CT molecular complexity index is 738. The minimum absolute atomic E-state index is 0.0937. The number of rotatable bonds is 2. The highest BCUT2D eigenvalue weighted by Crippen LogP contribution is 2.41. The normalized spacial score (nSPS) is 17.3. The van der Waals surface area contributed by atoms with E-state index in [0.717, 1.165) is 22.6 Å². The van der Waals surface area contributed by atoms with Crippen LogP contribution in [0.5, 0.6) is 0 Å². The van der Waals surface area contributed by atoms with E-state index in [4.69, 9.17) is 23.2 Å². The van der Waals surface area contributed by atoms with Gasteiger partial charge in [0.1, 0.15) is 5.37 Å². The topological polar surface area (TPSA) is 32.3 Å². The number of halogens is 2. The van der Waals surface area contributed by atoms with Crippen molar-refractivity contribution in [2.24, 2.45) is 0 Å². The van der Waals surface area contributed by atoms with E-state index in [-0.39, 0.29) is 11.4 Å². The van der Waals surface area contributed by atoms with Crippen LogP contribution < -0.4 is 5.32 Å². The largest absolute Gasteiger partial charge is 0.323 e. The second-order valence-corrected chi connectivity index (χ2v) is 7.36. The van der Waals surface area contributed by atoms with Crippen molar-refractivity contribution in [3.05, 3.63) is 63.6 Å². The van der Waals surface area contributed by atoms with Gasteiger partial charge in [0, 0.05) is 33.6 Å². The summed E-state index contributed by atoms with van der Waals surface area (Å²) in [6.45, 7) is 2.66. The molecule has 2 amide bonds. The molecule has 1 saturated heterocycles. The van der Waals surface area contributed by atoms with E-state index in [1.165, 1.54) is 0 Å². The van der Waals surface area contributed by atoms with E-state index >= 15 is 0 Å². The van der Waals surface area contributed by atoms with E-state index in [1.807, 2.05) is 42.2 Å². The maximum atomic E-state index is 12.7. The van der Waals surface area contributed by atoms with Crippen LogP contribution in [-0.2, 0) is 0 Å². The summed E-state index contributed by atoms with van der Waals surface area (Å²) in [7, 11) is 0. The number of carbonyl (C=O) groups excluding carboxylic acids is 1. The number of hydrogen-bond acceptors (Lipinski definition) is 2. The van der Waals surface area contributed by atoms with Gasteiger partial charge in [-0.3, -0.25) is 0 Å². The number of anilines is 1. The quantitative estimate of drug-likeness (QED) is 0.751. The lowest BCUT2D eigenvalue weighted by atomic mass is 10.2. The summed E-state index contributed by atoms with van der Waals surface area (Å²) in [5, 5.41) is 4.08. The van der Waals surface area contributed by atoms with Crippen molar-refractivity contribution in [1.29, 1.82) is 0 Å². The van der Waals surface area contributed by atoms with Crippen LogP contribution in [0.15, 0.2) is 42.5 Å². The lowest BCUT2D eigenvalue weighted by Crippen LogP contribution is -2.34. The molecule has 3 nitrogen and oxygen atoms in total. The third-order valence-electron chi connectivity index (χ3n) is 3.77. The average Bonchev–Trinajstić information content (AvgIpc) is 2.99. The molecule has 1 aliphatic rings. The standard InChI is InChI=1S/C17H16Cl2N2OS/c1-11-4-2-3-5-15(11)20-17(22)21-8-9-23-16(21)13-7-6-12(18)10-14(13)19/h2-7,10,16H,8-9H2,1H3,(H,20,22). The van der Waals surface area contributed by atoms with Gasteiger partial charge in [-0.2, -0.15) is 0 Å². The van der Waals surface area contributed by atoms with Crippen LogP contribution in [0.1, 0.15) is 16.5 Å². The lowest BCUT2D eigenvalue weighted by molar-refractivity contribution is 0.214. The summed E-state index contributed by atoms with van der Waals surface area (Å²) >= 11 is 14.0. The number of nitrogens with zero attached hydrogens (tertiary/aromatic N) is 1. The van der Waals surface area contributed by atoms with Crippen LogP contribution in [0.2, 0.25) is 10.0 Å². The van der Waals surface area contributed by atoms with Gasteiger partial charge in [-0.05, 0) is 30.7 Å². The molecule has 0 saturated carbocycles. The number of urea groups is 1. The molecule has 0 radical (unpaired) electrons. The highest BCUT2D eigenvalue weighted by Gasteiger charge is 2.32. The van der Waals surface area contributed by atoms with Crippen LogP contribution in [0.3, 0.4) is 0 Å². The maximum absolute atomic E-state index is 12.7. The Hall–Kier alpha value is -1.36. The summed E-state index contributed by atoms with van der Waals surface area (Å²) in [6, 6.07) is 13.0. The Morgan fingerprint density at radius 2 is 2.04 bits per heavy atom. The summed E-state index contributed by atoms with van der Waals surface area (Å²) in [4.78, 5) is 14.5. The van der Waals surface area contributed by atoms with Gasteiger partial charge in [-0.15, -0.1) is 11.8 Å². The van der Waals surface area contributed by atoms with Crippen molar-refractivity contribution in [2.75, 3.05) is 17.6 Å². The molecule has 1 atom stereocenters. The first-order chi connectivity index (χ1) is 11.1. The summed E-state index contributed by atoms with van der Waals surface area (Å²) in [6.07, 6.45) is 0. The fourth-order valence-electron chi connectivity index (χ4n) is 2.54. The van der Waals surface area contributed by atoms with E-state index in [2.05, 4.69) is 5.32 Å². The van der Waals surface area contributed by atoms with Gasteiger partial charge in [0.25, 0.3) is 0 Å². The van der Waals surface area contributed by atoms with Crippen molar-refractivity contribution < 1.29 is 4.79 Å². The zero-order chi connectivity index (χ0) is 16.4. The molecule has 1 unspecified atom stereocenters. The van der Waals surface area contributed by atoms with Crippen molar-refractivity contribution in [3.8, 4) is 0 Å². The number of nitrogens with one attached hydrogen (secondary N) is 1. The number of thioether (sulfide) groups is 1. The van der Waals surface area contributed by atoms with E-state index in [0.29, 0.717) is 16.6 Å². The van der Waals surface area contributed by atoms with E-state index in [1.54, 1.807) is 23.9 Å². The van der Waals surface area contributed by atoms with Crippen LogP contribution in [0, 0.1) is 6.92 Å². The average molecular weight is 367 g/mol. The fraction of sp³-hybridized carbons (Fsp3) is 0.235. The third kappa shape index (κ3) is 3.60. The molecule has 1 aliphatic heterocycles. The number of benzene rings is 2. The number of carbonyl (C=O) groups is 1. The van der Waals surface area contributed by atoms with Crippen LogP contribution in [0.4, 0.5) is 10.5 Å². The second-order valence-electron chi connectivity index (χ2n) is 5.33. The SMILES string of the molecule is Cc1ccccc1NC(=O)N1CCSC1c1ccc(Cl)cc1Cl. The smallest absolute Gasteiger partial charge is 0.308 e. The summed E-state index contributed by atoms with van der Waals surface area (Å²) < 4.78 is 0.